The third-order valence-electron chi connectivity index (χ3n) is 7.07. The number of carbonyl (C=O) groups is 3. The molecule has 5 atom stereocenters. The molecule has 0 aliphatic heterocycles. The summed E-state index contributed by atoms with van der Waals surface area (Å²) in [6.07, 6.45) is 4.36. The lowest BCUT2D eigenvalue weighted by Gasteiger charge is -2.50. The van der Waals surface area contributed by atoms with Crippen LogP contribution in [0.1, 0.15) is 74.7 Å². The van der Waals surface area contributed by atoms with Crippen molar-refractivity contribution >= 4 is 17.7 Å². The van der Waals surface area contributed by atoms with Crippen LogP contribution in [0.4, 0.5) is 0 Å². The minimum Gasteiger partial charge on any atom is -0.462 e. The summed E-state index contributed by atoms with van der Waals surface area (Å²) < 4.78 is 10.8. The molecule has 2 fully saturated rings. The van der Waals surface area contributed by atoms with Crippen LogP contribution in [-0.2, 0) is 14.3 Å². The second-order valence-corrected chi connectivity index (χ2v) is 8.57. The Hall–Kier alpha value is -2.17. The van der Waals surface area contributed by atoms with E-state index in [9.17, 15) is 14.4 Å². The van der Waals surface area contributed by atoms with Crippen LogP contribution in [0.25, 0.3) is 0 Å². The molecule has 1 aromatic carbocycles. The van der Waals surface area contributed by atoms with E-state index in [1.54, 1.807) is 12.1 Å². The normalized spacial score (nSPS) is 34.3. The van der Waals surface area contributed by atoms with Gasteiger partial charge in [-0.25, -0.2) is 0 Å². The minimum absolute atomic E-state index is 0.0382. The first-order valence-corrected chi connectivity index (χ1v) is 9.82. The number of fused-ring (bicyclic) bond motifs is 5. The monoisotopic (exact) mass is 370 g/mol. The lowest BCUT2D eigenvalue weighted by Crippen LogP contribution is -2.45. The van der Waals surface area contributed by atoms with Crippen molar-refractivity contribution in [1.82, 2.24) is 0 Å². The second kappa shape index (κ2) is 6.47. The van der Waals surface area contributed by atoms with E-state index < -0.39 is 0 Å². The number of benzene rings is 1. The van der Waals surface area contributed by atoms with Crippen molar-refractivity contribution in [3.63, 3.8) is 0 Å². The molecule has 5 nitrogen and oxygen atoms in total. The summed E-state index contributed by atoms with van der Waals surface area (Å²) in [5.74, 6) is 0.997. The fourth-order valence-corrected chi connectivity index (χ4v) is 5.96. The molecule has 0 bridgehead atoms. The maximum absolute atomic E-state index is 12.9. The maximum atomic E-state index is 12.9. The number of carbonyl (C=O) groups excluding carboxylic acids is 3. The van der Waals surface area contributed by atoms with Crippen LogP contribution in [0.3, 0.4) is 0 Å². The van der Waals surface area contributed by atoms with Crippen LogP contribution < -0.4 is 4.74 Å². The summed E-state index contributed by atoms with van der Waals surface area (Å²) in [6.45, 7) is 5.07. The minimum atomic E-state index is -0.382. The van der Waals surface area contributed by atoms with Crippen molar-refractivity contribution in [1.29, 1.82) is 0 Å². The quantitative estimate of drug-likeness (QED) is 0.580. The van der Waals surface area contributed by atoms with E-state index in [-0.39, 0.29) is 29.2 Å². The predicted octanol–water partition coefficient (Wildman–Crippen LogP) is 4.04. The largest absolute Gasteiger partial charge is 0.462 e. The molecule has 1 aromatic rings. The highest BCUT2D eigenvalue weighted by Gasteiger charge is 2.57. The Kier molecular flexibility index (Phi) is 4.36. The molecule has 3 aliphatic rings. The summed E-state index contributed by atoms with van der Waals surface area (Å²) in [6, 6.07) is 5.48. The molecular weight excluding hydrogens is 344 g/mol. The summed E-state index contributed by atoms with van der Waals surface area (Å²) in [4.78, 5) is 35.6. The van der Waals surface area contributed by atoms with Crippen molar-refractivity contribution in [3.05, 3.63) is 29.3 Å². The third-order valence-corrected chi connectivity index (χ3v) is 7.07. The molecule has 0 N–H and O–H groups in total. The Bertz CT molecular complexity index is 813. The highest BCUT2D eigenvalue weighted by molar-refractivity contribution is 5.99. The van der Waals surface area contributed by atoms with Crippen LogP contribution in [0.2, 0.25) is 0 Å². The van der Waals surface area contributed by atoms with E-state index in [0.717, 1.165) is 31.2 Å². The van der Waals surface area contributed by atoms with Gasteiger partial charge >= 0.3 is 11.9 Å². The molecule has 0 spiro atoms. The number of hydrogen-bond acceptors (Lipinski definition) is 5. The van der Waals surface area contributed by atoms with Gasteiger partial charge in [0.15, 0.2) is 5.78 Å². The zero-order valence-electron chi connectivity index (χ0n) is 16.1. The highest BCUT2D eigenvalue weighted by Crippen LogP contribution is 2.61. The third kappa shape index (κ3) is 2.97. The summed E-state index contributed by atoms with van der Waals surface area (Å²) in [5, 5.41) is 0. The Balaban J connectivity index is 1.64. The van der Waals surface area contributed by atoms with E-state index in [4.69, 9.17) is 9.47 Å². The number of esters is 2. The predicted molar refractivity (Wildman–Crippen MR) is 98.5 cm³/mol. The molecule has 144 valence electrons. The van der Waals surface area contributed by atoms with Crippen molar-refractivity contribution in [2.24, 2.45) is 17.3 Å². The SMILES string of the molecule is CC(=O)Oc1ccc2c(c1)C(=O)C[C@H]1[C@H]3CC[C@H](OC(C)=O)[C@]3(C)CC[C@@H]21. The zero-order chi connectivity index (χ0) is 19.3. The van der Waals surface area contributed by atoms with Gasteiger partial charge in [0, 0.05) is 31.2 Å². The van der Waals surface area contributed by atoms with Crippen LogP contribution in [-0.4, -0.2) is 23.8 Å². The van der Waals surface area contributed by atoms with Crippen LogP contribution in [0, 0.1) is 17.3 Å². The Labute approximate surface area is 159 Å². The molecule has 0 amide bonds. The Morgan fingerprint density at radius 3 is 2.59 bits per heavy atom. The molecule has 2 saturated carbocycles. The average Bonchev–Trinajstić information content (AvgIpc) is 2.91. The van der Waals surface area contributed by atoms with Gasteiger partial charge in [-0.1, -0.05) is 13.0 Å². The summed E-state index contributed by atoms with van der Waals surface area (Å²) in [7, 11) is 0. The molecule has 0 radical (unpaired) electrons. The molecule has 5 heteroatoms. The van der Waals surface area contributed by atoms with Gasteiger partial charge in [-0.3, -0.25) is 14.4 Å². The van der Waals surface area contributed by atoms with Crippen molar-refractivity contribution in [2.75, 3.05) is 0 Å². The number of ketones is 1. The number of Topliss-reactive ketones (excluding diaryl/α,β-unsaturated/α-hetero) is 1. The Morgan fingerprint density at radius 2 is 1.89 bits per heavy atom. The van der Waals surface area contributed by atoms with Gasteiger partial charge in [0.2, 0.25) is 0 Å². The molecule has 4 rings (SSSR count). The summed E-state index contributed by atoms with van der Waals surface area (Å²) >= 11 is 0. The number of ether oxygens (including phenoxy) is 2. The first-order valence-electron chi connectivity index (χ1n) is 9.82. The van der Waals surface area contributed by atoms with Gasteiger partial charge in [0.05, 0.1) is 0 Å². The van der Waals surface area contributed by atoms with Crippen LogP contribution in [0.15, 0.2) is 18.2 Å². The maximum Gasteiger partial charge on any atom is 0.308 e. The molecule has 0 saturated heterocycles. The van der Waals surface area contributed by atoms with Gasteiger partial charge in [0.25, 0.3) is 0 Å². The Morgan fingerprint density at radius 1 is 1.11 bits per heavy atom. The first-order chi connectivity index (χ1) is 12.8. The molecular formula is C22H26O5. The average molecular weight is 370 g/mol. The van der Waals surface area contributed by atoms with Crippen molar-refractivity contribution in [3.8, 4) is 5.75 Å². The lowest BCUT2D eigenvalue weighted by atomic mass is 9.55. The van der Waals surface area contributed by atoms with E-state index in [2.05, 4.69) is 6.92 Å². The topological polar surface area (TPSA) is 69.7 Å². The van der Waals surface area contributed by atoms with E-state index >= 15 is 0 Å². The van der Waals surface area contributed by atoms with Gasteiger partial charge in [-0.05, 0) is 61.1 Å². The first kappa shape index (κ1) is 18.2. The molecule has 0 aromatic heterocycles. The van der Waals surface area contributed by atoms with E-state index in [1.165, 1.54) is 13.8 Å². The van der Waals surface area contributed by atoms with Crippen molar-refractivity contribution in [2.45, 2.75) is 64.9 Å². The standard InChI is InChI=1S/C22H26O5/c1-12(23)26-14-4-5-15-16-8-9-22(3)19(6-7-21(22)27-13(2)24)17(16)11-20(25)18(15)10-14/h4-5,10,16-17,19,21H,6-9,11H2,1-3H3/t16-,17+,19+,21-,22+/m0/s1. The number of hydrogen-bond donors (Lipinski definition) is 0. The summed E-state index contributed by atoms with van der Waals surface area (Å²) in [5.41, 5.74) is 1.75. The number of rotatable bonds is 2. The van der Waals surface area contributed by atoms with Gasteiger partial charge in [-0.2, -0.15) is 0 Å². The van der Waals surface area contributed by atoms with Gasteiger partial charge < -0.3 is 9.47 Å². The van der Waals surface area contributed by atoms with E-state index in [1.807, 2.05) is 6.07 Å². The van der Waals surface area contributed by atoms with Crippen molar-refractivity contribution < 1.29 is 23.9 Å². The smallest absolute Gasteiger partial charge is 0.308 e. The molecule has 0 heterocycles. The molecule has 3 aliphatic carbocycles. The van der Waals surface area contributed by atoms with Crippen LogP contribution in [0.5, 0.6) is 5.75 Å². The fourth-order valence-electron chi connectivity index (χ4n) is 5.96. The molecule has 0 unspecified atom stereocenters. The fraction of sp³-hybridized carbons (Fsp3) is 0.591. The lowest BCUT2D eigenvalue weighted by molar-refractivity contribution is -0.154. The second-order valence-electron chi connectivity index (χ2n) is 8.57. The van der Waals surface area contributed by atoms with Crippen LogP contribution >= 0.6 is 0 Å². The zero-order valence-corrected chi connectivity index (χ0v) is 16.1. The van der Waals surface area contributed by atoms with Gasteiger partial charge in [-0.15, -0.1) is 0 Å². The molecule has 27 heavy (non-hydrogen) atoms. The van der Waals surface area contributed by atoms with E-state index in [0.29, 0.717) is 35.5 Å². The highest BCUT2D eigenvalue weighted by atomic mass is 16.5. The van der Waals surface area contributed by atoms with Gasteiger partial charge in [0.1, 0.15) is 11.9 Å².